The summed E-state index contributed by atoms with van der Waals surface area (Å²) in [5.41, 5.74) is 4.42. The minimum absolute atomic E-state index is 0.0729. The Morgan fingerprint density at radius 3 is 2.21 bits per heavy atom. The monoisotopic (exact) mass is 442 g/mol. The van der Waals surface area contributed by atoms with Crippen LogP contribution in [-0.4, -0.2) is 12.4 Å². The van der Waals surface area contributed by atoms with Crippen LogP contribution in [0.3, 0.4) is 0 Å². The molecule has 3 aliphatic carbocycles. The Labute approximate surface area is 195 Å². The van der Waals surface area contributed by atoms with E-state index in [1.165, 1.54) is 23.3 Å². The smallest absolute Gasteiger partial charge is 0.179 e. The molecule has 0 heterocycles. The van der Waals surface area contributed by atoms with Crippen LogP contribution in [0, 0.1) is 22.6 Å². The van der Waals surface area contributed by atoms with Gasteiger partial charge >= 0.3 is 0 Å². The number of carbonyl (C=O) groups is 1. The summed E-state index contributed by atoms with van der Waals surface area (Å²) in [6.45, 7) is 13.7. The number of Topliss-reactive ketones (excluding diaryl/α,β-unsaturated/α-hetero) is 1. The third kappa shape index (κ3) is 2.35. The molecular formula is C30H31FO2. The molecule has 0 aliphatic heterocycles. The van der Waals surface area contributed by atoms with Crippen molar-refractivity contribution in [2.45, 2.75) is 47.0 Å². The van der Waals surface area contributed by atoms with E-state index in [4.69, 9.17) is 4.74 Å². The number of halogens is 1. The maximum absolute atomic E-state index is 14.8. The molecule has 1 fully saturated rings. The van der Waals surface area contributed by atoms with Crippen LogP contribution < -0.4 is 0 Å². The number of hydrogen-bond donors (Lipinski definition) is 0. The molecule has 2 aromatic carbocycles. The molecule has 0 radical (unpaired) electrons. The van der Waals surface area contributed by atoms with E-state index >= 15 is 0 Å². The fourth-order valence-electron chi connectivity index (χ4n) is 7.30. The molecule has 33 heavy (non-hydrogen) atoms. The molecule has 4 atom stereocenters. The van der Waals surface area contributed by atoms with Gasteiger partial charge in [-0.05, 0) is 56.0 Å². The highest BCUT2D eigenvalue weighted by Crippen LogP contribution is 2.79. The van der Waals surface area contributed by atoms with Gasteiger partial charge in [0.2, 0.25) is 0 Å². The number of fused-ring (bicyclic) bond motifs is 5. The van der Waals surface area contributed by atoms with Crippen LogP contribution in [0.25, 0.3) is 5.57 Å². The van der Waals surface area contributed by atoms with E-state index in [1.54, 1.807) is 12.1 Å². The average molecular weight is 443 g/mol. The van der Waals surface area contributed by atoms with Crippen LogP contribution in [0.1, 0.15) is 52.7 Å². The van der Waals surface area contributed by atoms with Crippen LogP contribution in [0.15, 0.2) is 83.2 Å². The predicted molar refractivity (Wildman–Crippen MR) is 130 cm³/mol. The molecule has 3 heteroatoms. The molecular weight excluding hydrogens is 411 g/mol. The zero-order valence-corrected chi connectivity index (χ0v) is 20.3. The van der Waals surface area contributed by atoms with Gasteiger partial charge in [0.1, 0.15) is 11.6 Å². The Kier molecular flexibility index (Phi) is 4.66. The Morgan fingerprint density at radius 2 is 1.61 bits per heavy atom. The van der Waals surface area contributed by atoms with Crippen LogP contribution in [0.4, 0.5) is 4.39 Å². The van der Waals surface area contributed by atoms with E-state index in [2.05, 4.69) is 46.8 Å². The summed E-state index contributed by atoms with van der Waals surface area (Å²) in [7, 11) is 0. The van der Waals surface area contributed by atoms with Crippen molar-refractivity contribution in [2.75, 3.05) is 6.61 Å². The van der Waals surface area contributed by atoms with Gasteiger partial charge < -0.3 is 4.74 Å². The normalized spacial score (nSPS) is 32.9. The summed E-state index contributed by atoms with van der Waals surface area (Å²) >= 11 is 0. The molecule has 0 amide bonds. The van der Waals surface area contributed by atoms with Gasteiger partial charge in [-0.3, -0.25) is 4.79 Å². The van der Waals surface area contributed by atoms with Crippen LogP contribution in [0.5, 0.6) is 0 Å². The van der Waals surface area contributed by atoms with E-state index in [-0.39, 0.29) is 22.9 Å². The highest BCUT2D eigenvalue weighted by molar-refractivity contribution is 6.29. The lowest BCUT2D eigenvalue weighted by molar-refractivity contribution is -0.121. The largest absolute Gasteiger partial charge is 0.494 e. The maximum atomic E-state index is 14.8. The lowest BCUT2D eigenvalue weighted by Gasteiger charge is -2.50. The number of rotatable bonds is 4. The standard InChI is InChI=1S/C30H31FO2/c1-7-33-25-17-24(21-13-15-23(31)16-14-21)27(32)30(22-11-9-8-10-12-22)26(25)28(5)18(2)19(3)29(30,6)20(28)4/h8-17,20H,7H2,1-6H3/t20?,28-,29+,30-/m1/s1. The fourth-order valence-corrected chi connectivity index (χ4v) is 7.30. The van der Waals surface area contributed by atoms with Crippen molar-refractivity contribution in [1.29, 1.82) is 0 Å². The Morgan fingerprint density at radius 1 is 0.970 bits per heavy atom. The van der Waals surface area contributed by atoms with Gasteiger partial charge in [0, 0.05) is 22.0 Å². The first kappa shape index (κ1) is 21.9. The highest BCUT2D eigenvalue weighted by atomic mass is 19.1. The fraction of sp³-hybridized carbons (Fsp3) is 0.367. The number of benzene rings is 2. The summed E-state index contributed by atoms with van der Waals surface area (Å²) in [5.74, 6) is 0.749. The van der Waals surface area contributed by atoms with Crippen molar-refractivity contribution in [3.8, 4) is 0 Å². The van der Waals surface area contributed by atoms with Gasteiger partial charge in [0.05, 0.1) is 12.0 Å². The van der Waals surface area contributed by atoms with Crippen molar-refractivity contribution in [2.24, 2.45) is 16.7 Å². The Hall–Kier alpha value is -2.94. The van der Waals surface area contributed by atoms with E-state index in [0.717, 1.165) is 22.5 Å². The van der Waals surface area contributed by atoms with Crippen molar-refractivity contribution in [1.82, 2.24) is 0 Å². The highest BCUT2D eigenvalue weighted by Gasteiger charge is 2.77. The third-order valence-electron chi connectivity index (χ3n) is 9.29. The molecule has 1 unspecified atom stereocenters. The van der Waals surface area contributed by atoms with Gasteiger partial charge in [-0.25, -0.2) is 4.39 Å². The number of carbonyl (C=O) groups excluding carboxylic acids is 1. The molecule has 5 rings (SSSR count). The molecule has 1 saturated carbocycles. The number of ketones is 1. The summed E-state index contributed by atoms with van der Waals surface area (Å²) in [4.78, 5) is 14.8. The minimum Gasteiger partial charge on any atom is -0.494 e. The van der Waals surface area contributed by atoms with E-state index in [0.29, 0.717) is 12.2 Å². The Bertz CT molecular complexity index is 1250. The predicted octanol–water partition coefficient (Wildman–Crippen LogP) is 7.03. The third-order valence-corrected chi connectivity index (χ3v) is 9.29. The second-order valence-corrected chi connectivity index (χ2v) is 10.1. The molecule has 2 bridgehead atoms. The number of allylic oxidation sites excluding steroid dienone is 5. The van der Waals surface area contributed by atoms with Gasteiger partial charge in [-0.2, -0.15) is 0 Å². The zero-order valence-electron chi connectivity index (χ0n) is 20.3. The first-order chi connectivity index (χ1) is 15.7. The summed E-state index contributed by atoms with van der Waals surface area (Å²) in [5, 5.41) is 0. The zero-order chi connectivity index (χ0) is 23.8. The van der Waals surface area contributed by atoms with Crippen molar-refractivity contribution >= 4 is 11.4 Å². The van der Waals surface area contributed by atoms with E-state index in [9.17, 15) is 9.18 Å². The molecule has 3 aliphatic rings. The van der Waals surface area contributed by atoms with Crippen LogP contribution in [-0.2, 0) is 14.9 Å². The number of hydrogen-bond acceptors (Lipinski definition) is 2. The van der Waals surface area contributed by atoms with Gasteiger partial charge in [0.15, 0.2) is 5.78 Å². The number of ether oxygens (including phenoxy) is 1. The maximum Gasteiger partial charge on any atom is 0.179 e. The lowest BCUT2D eigenvalue weighted by Crippen LogP contribution is -2.52. The van der Waals surface area contributed by atoms with Crippen LogP contribution >= 0.6 is 0 Å². The Balaban J connectivity index is 1.93. The molecule has 0 saturated heterocycles. The van der Waals surface area contributed by atoms with Crippen molar-refractivity contribution in [3.63, 3.8) is 0 Å². The molecule has 0 aromatic heterocycles. The summed E-state index contributed by atoms with van der Waals surface area (Å²) in [6.07, 6.45) is 1.90. The van der Waals surface area contributed by atoms with Gasteiger partial charge in [0.25, 0.3) is 0 Å². The van der Waals surface area contributed by atoms with Gasteiger partial charge in [-0.1, -0.05) is 74.4 Å². The lowest BCUT2D eigenvalue weighted by atomic mass is 9.50. The first-order valence-corrected chi connectivity index (χ1v) is 11.8. The molecule has 0 spiro atoms. The topological polar surface area (TPSA) is 26.3 Å². The van der Waals surface area contributed by atoms with Crippen LogP contribution in [0.2, 0.25) is 0 Å². The second-order valence-electron chi connectivity index (χ2n) is 10.1. The molecule has 2 aromatic rings. The first-order valence-electron chi connectivity index (χ1n) is 11.8. The summed E-state index contributed by atoms with van der Waals surface area (Å²) < 4.78 is 20.1. The average Bonchev–Trinajstić information content (AvgIpc) is 3.07. The van der Waals surface area contributed by atoms with Crippen molar-refractivity contribution in [3.05, 3.63) is 100 Å². The van der Waals surface area contributed by atoms with Gasteiger partial charge in [-0.15, -0.1) is 0 Å². The second kappa shape index (κ2) is 7.03. The minimum atomic E-state index is -0.880. The van der Waals surface area contributed by atoms with Crippen molar-refractivity contribution < 1.29 is 13.9 Å². The quantitative estimate of drug-likeness (QED) is 0.475. The molecule has 0 N–H and O–H groups in total. The van der Waals surface area contributed by atoms with E-state index in [1.807, 2.05) is 31.2 Å². The molecule has 2 nitrogen and oxygen atoms in total. The SMILES string of the molecule is CCOC1=C2[C@]3(C)C(C)=C(C)[C@@](C)(C3C)[C@@]2(c2ccccc2)C(=O)C(c2ccc(F)cc2)=C1. The van der Waals surface area contributed by atoms with E-state index < -0.39 is 10.8 Å². The summed E-state index contributed by atoms with van der Waals surface area (Å²) in [6, 6.07) is 16.4. The molecule has 170 valence electrons.